The molecule has 1 aromatic heterocycles. The van der Waals surface area contributed by atoms with Crippen LogP contribution in [0.25, 0.3) is 0 Å². The van der Waals surface area contributed by atoms with Crippen LogP contribution in [0.5, 0.6) is 17.2 Å². The first-order chi connectivity index (χ1) is 11.2. The van der Waals surface area contributed by atoms with E-state index in [4.69, 9.17) is 14.2 Å². The molecule has 126 valence electrons. The minimum Gasteiger partial charge on any atom is -0.493 e. The Bertz CT molecular complexity index is 640. The molecule has 0 saturated carbocycles. The van der Waals surface area contributed by atoms with Crippen LogP contribution in [0.2, 0.25) is 0 Å². The summed E-state index contributed by atoms with van der Waals surface area (Å²) >= 11 is 0. The lowest BCUT2D eigenvalue weighted by Crippen LogP contribution is -2.06. The number of hydrogen-bond acceptors (Lipinski definition) is 5. The molecule has 1 aromatic carbocycles. The molecular formula is C17H25N3O3. The third-order valence-electron chi connectivity index (χ3n) is 4.03. The number of benzene rings is 1. The molecular weight excluding hydrogens is 294 g/mol. The first kappa shape index (κ1) is 17.1. The molecule has 0 aliphatic rings. The fourth-order valence-electron chi connectivity index (χ4n) is 2.76. The molecule has 0 spiro atoms. The molecule has 1 atom stereocenters. The van der Waals surface area contributed by atoms with Crippen molar-refractivity contribution in [1.29, 1.82) is 0 Å². The Hall–Kier alpha value is -2.24. The van der Waals surface area contributed by atoms with Crippen LogP contribution in [0.1, 0.15) is 37.4 Å². The summed E-state index contributed by atoms with van der Waals surface area (Å²) in [5.74, 6) is 2.29. The predicted octanol–water partition coefficient (Wildman–Crippen LogP) is 3.06. The minimum atomic E-state index is 0.270. The van der Waals surface area contributed by atoms with Gasteiger partial charge in [-0.05, 0) is 25.3 Å². The van der Waals surface area contributed by atoms with Crippen LogP contribution in [0.4, 0.5) is 0 Å². The van der Waals surface area contributed by atoms with Gasteiger partial charge in [0, 0.05) is 24.7 Å². The third kappa shape index (κ3) is 3.57. The van der Waals surface area contributed by atoms with E-state index in [1.807, 2.05) is 29.9 Å². The van der Waals surface area contributed by atoms with Crippen LogP contribution in [-0.2, 0) is 13.0 Å². The van der Waals surface area contributed by atoms with Crippen molar-refractivity contribution in [3.05, 3.63) is 29.6 Å². The van der Waals surface area contributed by atoms with E-state index < -0.39 is 0 Å². The molecule has 0 aliphatic carbocycles. The number of aryl methyl sites for hydroxylation is 1. The molecule has 1 unspecified atom stereocenters. The topological polar surface area (TPSA) is 58.4 Å². The van der Waals surface area contributed by atoms with Gasteiger partial charge in [0.25, 0.3) is 0 Å². The normalized spacial score (nSPS) is 12.0. The van der Waals surface area contributed by atoms with Crippen molar-refractivity contribution in [3.8, 4) is 17.2 Å². The molecule has 0 saturated heterocycles. The lowest BCUT2D eigenvalue weighted by molar-refractivity contribution is 0.320. The number of nitrogens with zero attached hydrogens (tertiary/aromatic N) is 3. The molecule has 0 bridgehead atoms. The summed E-state index contributed by atoms with van der Waals surface area (Å²) < 4.78 is 18.3. The monoisotopic (exact) mass is 319 g/mol. The van der Waals surface area contributed by atoms with Gasteiger partial charge in [0.05, 0.1) is 27.0 Å². The van der Waals surface area contributed by atoms with Gasteiger partial charge in [-0.3, -0.25) is 4.68 Å². The number of ether oxygens (including phenoxy) is 3. The predicted molar refractivity (Wildman–Crippen MR) is 88.5 cm³/mol. The quantitative estimate of drug-likeness (QED) is 0.748. The summed E-state index contributed by atoms with van der Waals surface area (Å²) in [6.45, 7) is 5.03. The van der Waals surface area contributed by atoms with Gasteiger partial charge in [0.1, 0.15) is 0 Å². The Labute approximate surface area is 137 Å². The molecule has 0 fully saturated rings. The Kier molecular flexibility index (Phi) is 5.84. The van der Waals surface area contributed by atoms with Gasteiger partial charge in [-0.25, -0.2) is 0 Å². The molecule has 0 amide bonds. The van der Waals surface area contributed by atoms with Gasteiger partial charge in [-0.1, -0.05) is 18.2 Å². The van der Waals surface area contributed by atoms with Crippen molar-refractivity contribution in [2.75, 3.05) is 21.3 Å². The Morgan fingerprint density at radius 1 is 1.04 bits per heavy atom. The average Bonchev–Trinajstić information content (AvgIpc) is 3.05. The summed E-state index contributed by atoms with van der Waals surface area (Å²) in [7, 11) is 4.90. The van der Waals surface area contributed by atoms with Crippen molar-refractivity contribution in [3.63, 3.8) is 0 Å². The standard InChI is InChI=1S/C17H25N3O3/c1-6-12(10-13-11-20(7-2)19-18-13)14-8-9-15(21-3)17(23-5)16(14)22-4/h8-9,11-12H,6-7,10H2,1-5H3. The van der Waals surface area contributed by atoms with Gasteiger partial charge >= 0.3 is 0 Å². The SMILES string of the molecule is CCC(Cc1cn(CC)nn1)c1ccc(OC)c(OC)c1OC. The van der Waals surface area contributed by atoms with Crippen LogP contribution in [-0.4, -0.2) is 36.3 Å². The molecule has 0 radical (unpaired) electrons. The summed E-state index contributed by atoms with van der Waals surface area (Å²) in [5, 5.41) is 8.36. The van der Waals surface area contributed by atoms with Crippen LogP contribution in [0.15, 0.2) is 18.3 Å². The Morgan fingerprint density at radius 3 is 2.30 bits per heavy atom. The zero-order chi connectivity index (χ0) is 16.8. The third-order valence-corrected chi connectivity index (χ3v) is 4.03. The van der Waals surface area contributed by atoms with Crippen LogP contribution in [0, 0.1) is 0 Å². The summed E-state index contributed by atoms with van der Waals surface area (Å²) in [5.41, 5.74) is 2.08. The Balaban J connectivity index is 2.36. The van der Waals surface area contributed by atoms with Gasteiger partial charge in [0.15, 0.2) is 11.5 Å². The van der Waals surface area contributed by atoms with Crippen molar-refractivity contribution < 1.29 is 14.2 Å². The number of rotatable bonds is 8. The highest BCUT2D eigenvalue weighted by molar-refractivity contribution is 5.57. The van der Waals surface area contributed by atoms with E-state index in [0.717, 1.165) is 36.4 Å². The van der Waals surface area contributed by atoms with Gasteiger partial charge < -0.3 is 14.2 Å². The van der Waals surface area contributed by atoms with Crippen LogP contribution >= 0.6 is 0 Å². The molecule has 0 aliphatic heterocycles. The zero-order valence-electron chi connectivity index (χ0n) is 14.5. The molecule has 2 aromatic rings. The van der Waals surface area contributed by atoms with Crippen LogP contribution < -0.4 is 14.2 Å². The average molecular weight is 319 g/mol. The van der Waals surface area contributed by atoms with E-state index in [9.17, 15) is 0 Å². The second kappa shape index (κ2) is 7.85. The van der Waals surface area contributed by atoms with E-state index >= 15 is 0 Å². The lowest BCUT2D eigenvalue weighted by atomic mass is 9.91. The fourth-order valence-corrected chi connectivity index (χ4v) is 2.76. The fraction of sp³-hybridized carbons (Fsp3) is 0.529. The van der Waals surface area contributed by atoms with Crippen molar-refractivity contribution >= 4 is 0 Å². The highest BCUT2D eigenvalue weighted by Gasteiger charge is 2.22. The second-order valence-corrected chi connectivity index (χ2v) is 5.30. The Morgan fingerprint density at radius 2 is 1.78 bits per heavy atom. The molecule has 6 nitrogen and oxygen atoms in total. The van der Waals surface area contributed by atoms with Gasteiger partial charge in [-0.15, -0.1) is 5.10 Å². The number of aromatic nitrogens is 3. The largest absolute Gasteiger partial charge is 0.493 e. The van der Waals surface area contributed by atoms with E-state index in [-0.39, 0.29) is 5.92 Å². The first-order valence-electron chi connectivity index (χ1n) is 7.86. The number of hydrogen-bond donors (Lipinski definition) is 0. The maximum absolute atomic E-state index is 5.61. The van der Waals surface area contributed by atoms with Crippen LogP contribution in [0.3, 0.4) is 0 Å². The zero-order valence-corrected chi connectivity index (χ0v) is 14.5. The maximum Gasteiger partial charge on any atom is 0.203 e. The number of methoxy groups -OCH3 is 3. The maximum atomic E-state index is 5.61. The first-order valence-corrected chi connectivity index (χ1v) is 7.86. The van der Waals surface area contributed by atoms with E-state index in [0.29, 0.717) is 11.5 Å². The molecule has 0 N–H and O–H groups in total. The molecule has 2 rings (SSSR count). The molecule has 1 heterocycles. The lowest BCUT2D eigenvalue weighted by Gasteiger charge is -2.21. The van der Waals surface area contributed by atoms with E-state index in [1.54, 1.807) is 21.3 Å². The van der Waals surface area contributed by atoms with Gasteiger partial charge in [-0.2, -0.15) is 0 Å². The minimum absolute atomic E-state index is 0.270. The summed E-state index contributed by atoms with van der Waals surface area (Å²) in [6, 6.07) is 3.96. The van der Waals surface area contributed by atoms with Crippen molar-refractivity contribution in [1.82, 2.24) is 15.0 Å². The summed E-state index contributed by atoms with van der Waals surface area (Å²) in [6.07, 6.45) is 3.77. The highest BCUT2D eigenvalue weighted by atomic mass is 16.5. The molecule has 23 heavy (non-hydrogen) atoms. The summed E-state index contributed by atoms with van der Waals surface area (Å²) in [4.78, 5) is 0. The van der Waals surface area contributed by atoms with Crippen molar-refractivity contribution in [2.24, 2.45) is 0 Å². The van der Waals surface area contributed by atoms with E-state index in [2.05, 4.69) is 17.2 Å². The van der Waals surface area contributed by atoms with Gasteiger partial charge in [0.2, 0.25) is 5.75 Å². The van der Waals surface area contributed by atoms with E-state index in [1.165, 1.54) is 0 Å². The second-order valence-electron chi connectivity index (χ2n) is 5.30. The highest BCUT2D eigenvalue weighted by Crippen LogP contribution is 2.43. The van der Waals surface area contributed by atoms with Crippen molar-refractivity contribution in [2.45, 2.75) is 39.2 Å². The smallest absolute Gasteiger partial charge is 0.203 e. The molecule has 6 heteroatoms.